The molecule has 1 saturated heterocycles. The summed E-state index contributed by atoms with van der Waals surface area (Å²) in [5.41, 5.74) is 0.606. The standard InChI is InChI=1S/C17H20ClN3O4S/c1-26(23,24)21-9-6-12(7-10-21)20-16(22)11-25-15-5-4-14(18)13-3-2-8-19-17(13)15/h2-5,8,12H,6-7,9-11H2,1H3,(H,20,22). The van der Waals surface area contributed by atoms with Crippen LogP contribution in [0.1, 0.15) is 12.8 Å². The summed E-state index contributed by atoms with van der Waals surface area (Å²) in [6.45, 7) is 0.687. The number of amides is 1. The zero-order chi connectivity index (χ0) is 18.7. The van der Waals surface area contributed by atoms with Crippen LogP contribution in [0.5, 0.6) is 5.75 Å². The average Bonchev–Trinajstić information content (AvgIpc) is 2.61. The summed E-state index contributed by atoms with van der Waals surface area (Å²) in [6.07, 6.45) is 4.01. The third-order valence-corrected chi connectivity index (χ3v) is 5.96. The van der Waals surface area contributed by atoms with Crippen LogP contribution >= 0.6 is 11.6 Å². The molecule has 1 aromatic carbocycles. The quantitative estimate of drug-likeness (QED) is 0.831. The number of ether oxygens (including phenoxy) is 1. The molecule has 0 saturated carbocycles. The molecule has 0 radical (unpaired) electrons. The number of aromatic nitrogens is 1. The predicted molar refractivity (Wildman–Crippen MR) is 99.8 cm³/mol. The second kappa shape index (κ2) is 7.77. The van der Waals surface area contributed by atoms with Crippen LogP contribution in [0.4, 0.5) is 0 Å². The van der Waals surface area contributed by atoms with Crippen LogP contribution in [0, 0.1) is 0 Å². The number of pyridine rings is 1. The van der Waals surface area contributed by atoms with Gasteiger partial charge in [-0.15, -0.1) is 0 Å². The van der Waals surface area contributed by atoms with Gasteiger partial charge in [0.05, 0.1) is 11.3 Å². The van der Waals surface area contributed by atoms with E-state index >= 15 is 0 Å². The Morgan fingerprint density at radius 2 is 2.08 bits per heavy atom. The summed E-state index contributed by atoms with van der Waals surface area (Å²) in [5.74, 6) is 0.244. The van der Waals surface area contributed by atoms with Crippen molar-refractivity contribution in [1.29, 1.82) is 0 Å². The average molecular weight is 398 g/mol. The number of fused-ring (bicyclic) bond motifs is 1. The monoisotopic (exact) mass is 397 g/mol. The van der Waals surface area contributed by atoms with E-state index in [4.69, 9.17) is 16.3 Å². The van der Waals surface area contributed by atoms with Crippen LogP contribution in [-0.2, 0) is 14.8 Å². The molecule has 9 heteroatoms. The van der Waals surface area contributed by atoms with Crippen LogP contribution in [0.25, 0.3) is 10.9 Å². The third-order valence-electron chi connectivity index (χ3n) is 4.33. The van der Waals surface area contributed by atoms with Crippen molar-refractivity contribution < 1.29 is 17.9 Å². The van der Waals surface area contributed by atoms with E-state index in [9.17, 15) is 13.2 Å². The predicted octanol–water partition coefficient (Wildman–Crippen LogP) is 1.81. The van der Waals surface area contributed by atoms with Crippen LogP contribution in [0.3, 0.4) is 0 Å². The molecule has 1 amide bonds. The first kappa shape index (κ1) is 18.9. The molecule has 1 aromatic heterocycles. The smallest absolute Gasteiger partial charge is 0.258 e. The van der Waals surface area contributed by atoms with Crippen molar-refractivity contribution in [2.75, 3.05) is 26.0 Å². The summed E-state index contributed by atoms with van der Waals surface area (Å²) in [7, 11) is -3.17. The molecule has 0 bridgehead atoms. The number of benzene rings is 1. The Morgan fingerprint density at radius 3 is 2.77 bits per heavy atom. The fourth-order valence-electron chi connectivity index (χ4n) is 2.97. The van der Waals surface area contributed by atoms with Crippen molar-refractivity contribution in [3.8, 4) is 5.75 Å². The summed E-state index contributed by atoms with van der Waals surface area (Å²) in [4.78, 5) is 16.4. The Hall–Kier alpha value is -1.90. The Kier molecular flexibility index (Phi) is 5.64. The van der Waals surface area contributed by atoms with Gasteiger partial charge < -0.3 is 10.1 Å². The lowest BCUT2D eigenvalue weighted by Gasteiger charge is -2.30. The highest BCUT2D eigenvalue weighted by Crippen LogP contribution is 2.29. The van der Waals surface area contributed by atoms with E-state index in [0.717, 1.165) is 5.39 Å². The maximum absolute atomic E-state index is 12.2. The number of rotatable bonds is 5. The number of hydrogen-bond donors (Lipinski definition) is 1. The lowest BCUT2D eigenvalue weighted by molar-refractivity contribution is -0.124. The fraction of sp³-hybridized carbons (Fsp3) is 0.412. The Balaban J connectivity index is 1.55. The normalized spacial score (nSPS) is 16.5. The van der Waals surface area contributed by atoms with Gasteiger partial charge in [0.15, 0.2) is 6.61 Å². The lowest BCUT2D eigenvalue weighted by Crippen LogP contribution is -2.47. The first-order valence-electron chi connectivity index (χ1n) is 8.25. The van der Waals surface area contributed by atoms with Gasteiger partial charge in [0.25, 0.3) is 5.91 Å². The van der Waals surface area contributed by atoms with Gasteiger partial charge in [0.2, 0.25) is 10.0 Å². The number of carbonyl (C=O) groups is 1. The molecule has 2 heterocycles. The third kappa shape index (κ3) is 4.44. The number of nitrogens with one attached hydrogen (secondary N) is 1. The van der Waals surface area contributed by atoms with Crippen LogP contribution in [0.2, 0.25) is 5.02 Å². The van der Waals surface area contributed by atoms with Gasteiger partial charge in [-0.05, 0) is 37.1 Å². The van der Waals surface area contributed by atoms with Crippen molar-refractivity contribution in [3.05, 3.63) is 35.5 Å². The molecule has 1 N–H and O–H groups in total. The van der Waals surface area contributed by atoms with E-state index < -0.39 is 10.0 Å². The summed E-state index contributed by atoms with van der Waals surface area (Å²) in [5, 5.41) is 4.22. The highest BCUT2D eigenvalue weighted by atomic mass is 35.5. The van der Waals surface area contributed by atoms with Crippen LogP contribution in [-0.4, -0.2) is 55.6 Å². The highest BCUT2D eigenvalue weighted by Gasteiger charge is 2.25. The zero-order valence-corrected chi connectivity index (χ0v) is 15.9. The summed E-state index contributed by atoms with van der Waals surface area (Å²) in [6, 6.07) is 6.97. The maximum Gasteiger partial charge on any atom is 0.258 e. The second-order valence-electron chi connectivity index (χ2n) is 6.24. The number of nitrogens with zero attached hydrogens (tertiary/aromatic N) is 2. The minimum absolute atomic E-state index is 0.0517. The minimum Gasteiger partial charge on any atom is -0.481 e. The van der Waals surface area contributed by atoms with Gasteiger partial charge in [-0.3, -0.25) is 9.78 Å². The molecule has 1 aliphatic heterocycles. The molecular weight excluding hydrogens is 378 g/mol. The first-order chi connectivity index (χ1) is 12.3. The molecule has 2 aromatic rings. The van der Waals surface area contributed by atoms with Crippen LogP contribution in [0.15, 0.2) is 30.5 Å². The van der Waals surface area contributed by atoms with Gasteiger partial charge in [0.1, 0.15) is 11.3 Å². The van der Waals surface area contributed by atoms with Crippen LogP contribution < -0.4 is 10.1 Å². The largest absolute Gasteiger partial charge is 0.481 e. The van der Waals surface area contributed by atoms with E-state index in [1.165, 1.54) is 10.6 Å². The van der Waals surface area contributed by atoms with E-state index in [1.807, 2.05) is 6.07 Å². The number of piperidine rings is 1. The molecule has 3 rings (SSSR count). The van der Waals surface area contributed by atoms with Crippen molar-refractivity contribution in [1.82, 2.24) is 14.6 Å². The molecule has 26 heavy (non-hydrogen) atoms. The molecule has 0 atom stereocenters. The Labute approximate surface area is 157 Å². The van der Waals surface area contributed by atoms with Gasteiger partial charge in [-0.2, -0.15) is 0 Å². The molecule has 0 spiro atoms. The summed E-state index contributed by atoms with van der Waals surface area (Å²) < 4.78 is 30.1. The topological polar surface area (TPSA) is 88.6 Å². The minimum atomic E-state index is -3.17. The van der Waals surface area contributed by atoms with Crippen molar-refractivity contribution in [3.63, 3.8) is 0 Å². The van der Waals surface area contributed by atoms with E-state index in [2.05, 4.69) is 10.3 Å². The Bertz CT molecular complexity index is 911. The van der Waals surface area contributed by atoms with Gasteiger partial charge in [-0.1, -0.05) is 11.6 Å². The van der Waals surface area contributed by atoms with Gasteiger partial charge in [0, 0.05) is 30.7 Å². The number of sulfonamides is 1. The number of hydrogen-bond acceptors (Lipinski definition) is 5. The lowest BCUT2D eigenvalue weighted by atomic mass is 10.1. The molecule has 7 nitrogen and oxygen atoms in total. The molecule has 1 aliphatic rings. The van der Waals surface area contributed by atoms with Crippen molar-refractivity contribution in [2.24, 2.45) is 0 Å². The second-order valence-corrected chi connectivity index (χ2v) is 8.63. The van der Waals surface area contributed by atoms with E-state index in [1.54, 1.807) is 24.4 Å². The highest BCUT2D eigenvalue weighted by molar-refractivity contribution is 7.88. The van der Waals surface area contributed by atoms with Gasteiger partial charge >= 0.3 is 0 Å². The number of carbonyl (C=O) groups excluding carboxylic acids is 1. The Morgan fingerprint density at radius 1 is 1.35 bits per heavy atom. The number of halogens is 1. The molecule has 0 unspecified atom stereocenters. The van der Waals surface area contributed by atoms with E-state index in [-0.39, 0.29) is 18.6 Å². The zero-order valence-electron chi connectivity index (χ0n) is 14.3. The SMILES string of the molecule is CS(=O)(=O)N1CCC(NC(=O)COc2ccc(Cl)c3cccnc23)CC1. The molecule has 140 valence electrons. The molecule has 1 fully saturated rings. The van der Waals surface area contributed by atoms with E-state index in [0.29, 0.717) is 42.2 Å². The van der Waals surface area contributed by atoms with Crippen molar-refractivity contribution in [2.45, 2.75) is 18.9 Å². The van der Waals surface area contributed by atoms with Crippen molar-refractivity contribution >= 4 is 38.4 Å². The fourth-order valence-corrected chi connectivity index (χ4v) is 4.06. The molecule has 0 aliphatic carbocycles. The summed E-state index contributed by atoms with van der Waals surface area (Å²) >= 11 is 6.14. The maximum atomic E-state index is 12.2. The molecular formula is C17H20ClN3O4S. The first-order valence-corrected chi connectivity index (χ1v) is 10.5. The van der Waals surface area contributed by atoms with Gasteiger partial charge in [-0.25, -0.2) is 12.7 Å².